The normalized spacial score (nSPS) is 10.6. The molecule has 0 aliphatic rings. The summed E-state index contributed by atoms with van der Waals surface area (Å²) in [7, 11) is -4.36. The second-order valence-corrected chi connectivity index (χ2v) is 5.11. The number of benzene rings is 1. The third-order valence-electron chi connectivity index (χ3n) is 2.16. The second kappa shape index (κ2) is 6.31. The molecule has 0 aliphatic carbocycles. The van der Waals surface area contributed by atoms with Gasteiger partial charge in [-0.15, -0.1) is 11.8 Å². The zero-order valence-corrected chi connectivity index (χ0v) is 11.2. The topological polar surface area (TPSA) is 113 Å². The van der Waals surface area contributed by atoms with Gasteiger partial charge in [0, 0.05) is 12.5 Å². The van der Waals surface area contributed by atoms with Gasteiger partial charge in [-0.2, -0.15) is 0 Å². The molecule has 0 bridgehead atoms. The molecular formula is C11H11FN2O5S. The number of rotatable bonds is 5. The van der Waals surface area contributed by atoms with Gasteiger partial charge < -0.3 is 4.74 Å². The van der Waals surface area contributed by atoms with E-state index in [9.17, 15) is 22.9 Å². The van der Waals surface area contributed by atoms with Crippen LogP contribution in [0.5, 0.6) is 5.75 Å². The lowest BCUT2D eigenvalue weighted by atomic mass is 10.3. The minimum Gasteiger partial charge on any atom is -0.488 e. The van der Waals surface area contributed by atoms with Crippen LogP contribution in [0.2, 0.25) is 0 Å². The fraction of sp³-hybridized carbons (Fsp3) is 0.273. The van der Waals surface area contributed by atoms with E-state index in [1.807, 2.05) is 0 Å². The van der Waals surface area contributed by atoms with Crippen molar-refractivity contribution in [1.82, 2.24) is 0 Å². The molecule has 0 amide bonds. The summed E-state index contributed by atoms with van der Waals surface area (Å²) in [5, 5.41) is 15.5. The Morgan fingerprint density at radius 2 is 2.15 bits per heavy atom. The van der Waals surface area contributed by atoms with E-state index in [0.29, 0.717) is 12.1 Å². The van der Waals surface area contributed by atoms with Gasteiger partial charge in [0.15, 0.2) is 11.6 Å². The van der Waals surface area contributed by atoms with Gasteiger partial charge >= 0.3 is 0 Å². The van der Waals surface area contributed by atoms with Crippen molar-refractivity contribution >= 4 is 15.7 Å². The van der Waals surface area contributed by atoms with Gasteiger partial charge in [-0.25, -0.2) is 17.9 Å². The van der Waals surface area contributed by atoms with E-state index in [4.69, 9.17) is 9.88 Å². The maximum atomic E-state index is 13.7. The number of hydrogen-bond donors (Lipinski definition) is 1. The number of nitrogens with zero attached hydrogens (tertiary/aromatic N) is 1. The van der Waals surface area contributed by atoms with Crippen LogP contribution in [0.1, 0.15) is 13.3 Å². The van der Waals surface area contributed by atoms with Crippen molar-refractivity contribution in [3.8, 4) is 17.6 Å². The monoisotopic (exact) mass is 302 g/mol. The third kappa shape index (κ3) is 3.91. The van der Waals surface area contributed by atoms with Crippen molar-refractivity contribution in [3.63, 3.8) is 0 Å². The Balaban J connectivity index is 3.26. The molecule has 7 nitrogen and oxygen atoms in total. The van der Waals surface area contributed by atoms with Gasteiger partial charge in [0.1, 0.15) is 4.90 Å². The van der Waals surface area contributed by atoms with Crippen LogP contribution in [0.25, 0.3) is 0 Å². The van der Waals surface area contributed by atoms with E-state index in [-0.39, 0.29) is 13.0 Å². The molecule has 0 radical (unpaired) electrons. The maximum absolute atomic E-state index is 13.7. The van der Waals surface area contributed by atoms with Crippen LogP contribution in [-0.2, 0) is 10.0 Å². The Bertz CT molecular complexity index is 691. The molecule has 0 unspecified atom stereocenters. The van der Waals surface area contributed by atoms with Gasteiger partial charge in [-0.1, -0.05) is 0 Å². The summed E-state index contributed by atoms with van der Waals surface area (Å²) in [4.78, 5) is 8.89. The number of hydrogen-bond acceptors (Lipinski definition) is 5. The Hall–Kier alpha value is -2.18. The van der Waals surface area contributed by atoms with E-state index >= 15 is 0 Å². The Kier molecular flexibility index (Phi) is 5.01. The van der Waals surface area contributed by atoms with Gasteiger partial charge in [0.05, 0.1) is 17.6 Å². The predicted molar refractivity (Wildman–Crippen MR) is 68.0 cm³/mol. The minimum absolute atomic E-state index is 0.0713. The molecule has 0 saturated heterocycles. The molecule has 9 heteroatoms. The lowest BCUT2D eigenvalue weighted by molar-refractivity contribution is -0.385. The molecule has 1 aromatic carbocycles. The SMILES string of the molecule is CC#CCCOc1c(F)cc([N+](=O)[O-])cc1S(N)(=O)=O. The van der Waals surface area contributed by atoms with Crippen LogP contribution in [0.3, 0.4) is 0 Å². The maximum Gasteiger partial charge on any atom is 0.274 e. The van der Waals surface area contributed by atoms with Crippen molar-refractivity contribution in [2.24, 2.45) is 5.14 Å². The smallest absolute Gasteiger partial charge is 0.274 e. The number of nitrogens with two attached hydrogens (primary N) is 1. The molecule has 0 atom stereocenters. The van der Waals surface area contributed by atoms with E-state index in [1.54, 1.807) is 6.92 Å². The molecule has 108 valence electrons. The largest absolute Gasteiger partial charge is 0.488 e. The summed E-state index contributed by atoms with van der Waals surface area (Å²) in [5.74, 6) is 3.40. The van der Waals surface area contributed by atoms with Crippen LogP contribution >= 0.6 is 0 Å². The van der Waals surface area contributed by atoms with Gasteiger partial charge in [0.25, 0.3) is 5.69 Å². The van der Waals surface area contributed by atoms with E-state index in [1.165, 1.54) is 0 Å². The standard InChI is InChI=1S/C11H11FN2O5S/c1-2-3-4-5-19-11-9(12)6-8(14(15)16)7-10(11)20(13,17)18/h6-7H,4-5H2,1H3,(H2,13,17,18). The highest BCUT2D eigenvalue weighted by molar-refractivity contribution is 7.89. The van der Waals surface area contributed by atoms with Crippen LogP contribution in [0.15, 0.2) is 17.0 Å². The fourth-order valence-corrected chi connectivity index (χ4v) is 2.04. The number of nitro benzene ring substituents is 1. The first-order valence-corrected chi connectivity index (χ1v) is 6.85. The molecule has 1 aromatic rings. The molecule has 20 heavy (non-hydrogen) atoms. The Morgan fingerprint density at radius 1 is 1.50 bits per heavy atom. The molecule has 0 aliphatic heterocycles. The van der Waals surface area contributed by atoms with Crippen molar-refractivity contribution in [2.75, 3.05) is 6.61 Å². The highest BCUT2D eigenvalue weighted by Gasteiger charge is 2.24. The summed E-state index contributed by atoms with van der Waals surface area (Å²) >= 11 is 0. The number of ether oxygens (including phenoxy) is 1. The molecule has 0 saturated carbocycles. The lowest BCUT2D eigenvalue weighted by Crippen LogP contribution is -2.15. The number of non-ortho nitro benzene ring substituents is 1. The number of primary sulfonamides is 1. The van der Waals surface area contributed by atoms with Crippen molar-refractivity contribution in [1.29, 1.82) is 0 Å². The number of sulfonamides is 1. The van der Waals surface area contributed by atoms with Crippen LogP contribution in [0, 0.1) is 27.8 Å². The summed E-state index contributed by atoms with van der Waals surface area (Å²) in [6, 6.07) is 1.22. The van der Waals surface area contributed by atoms with Crippen LogP contribution < -0.4 is 9.88 Å². The second-order valence-electron chi connectivity index (χ2n) is 3.58. The highest BCUT2D eigenvalue weighted by atomic mass is 32.2. The summed E-state index contributed by atoms with van der Waals surface area (Å²) in [5.41, 5.74) is -0.729. The number of halogens is 1. The third-order valence-corrected chi connectivity index (χ3v) is 3.08. The summed E-state index contributed by atoms with van der Waals surface area (Å²) in [6.07, 6.45) is 0.247. The first kappa shape index (κ1) is 15.9. The van der Waals surface area contributed by atoms with Crippen molar-refractivity contribution in [2.45, 2.75) is 18.2 Å². The van der Waals surface area contributed by atoms with Crippen molar-refractivity contribution < 1.29 is 22.5 Å². The molecular weight excluding hydrogens is 291 g/mol. The lowest BCUT2D eigenvalue weighted by Gasteiger charge is -2.10. The molecule has 0 spiro atoms. The van der Waals surface area contributed by atoms with E-state index in [2.05, 4.69) is 11.8 Å². The average Bonchev–Trinajstić information content (AvgIpc) is 2.34. The Morgan fingerprint density at radius 3 is 2.65 bits per heavy atom. The molecule has 0 aromatic heterocycles. The summed E-state index contributed by atoms with van der Waals surface area (Å²) < 4.78 is 41.4. The first-order chi connectivity index (χ1) is 9.27. The quantitative estimate of drug-likeness (QED) is 0.380. The van der Waals surface area contributed by atoms with Crippen molar-refractivity contribution in [3.05, 3.63) is 28.1 Å². The molecule has 2 N–H and O–H groups in total. The minimum atomic E-state index is -4.36. The fourth-order valence-electron chi connectivity index (χ4n) is 1.34. The van der Waals surface area contributed by atoms with Gasteiger partial charge in [-0.3, -0.25) is 10.1 Å². The molecule has 0 fully saturated rings. The van der Waals surface area contributed by atoms with Gasteiger partial charge in [-0.05, 0) is 6.92 Å². The zero-order chi connectivity index (χ0) is 15.3. The van der Waals surface area contributed by atoms with E-state index < -0.39 is 37.1 Å². The van der Waals surface area contributed by atoms with Gasteiger partial charge in [0.2, 0.25) is 10.0 Å². The number of nitro groups is 1. The highest BCUT2D eigenvalue weighted by Crippen LogP contribution is 2.31. The van der Waals surface area contributed by atoms with E-state index in [0.717, 1.165) is 0 Å². The Labute approximate surface area is 114 Å². The average molecular weight is 302 g/mol. The molecule has 1 rings (SSSR count). The zero-order valence-electron chi connectivity index (χ0n) is 10.4. The summed E-state index contributed by atoms with van der Waals surface area (Å²) in [6.45, 7) is 1.53. The predicted octanol–water partition coefficient (Wildman–Crippen LogP) is 1.17. The molecule has 0 heterocycles. The van der Waals surface area contributed by atoms with Crippen LogP contribution in [0.4, 0.5) is 10.1 Å². The first-order valence-electron chi connectivity index (χ1n) is 5.30. The van der Waals surface area contributed by atoms with Crippen LogP contribution in [-0.4, -0.2) is 19.9 Å².